The predicted molar refractivity (Wildman–Crippen MR) is 370 cm³/mol. The smallest absolute Gasteiger partial charge is 0.226 e. The number of nitrogens with zero attached hydrogens (tertiary/aromatic N) is 2. The second kappa shape index (κ2) is 24.5. The Morgan fingerprint density at radius 2 is 0.511 bits per heavy atom. The predicted octanol–water partition coefficient (Wildman–Crippen LogP) is 21.4. The third kappa shape index (κ3) is 11.1. The van der Waals surface area contributed by atoms with E-state index in [9.17, 15) is 5.26 Å². The summed E-state index contributed by atoms with van der Waals surface area (Å²) >= 11 is 3.65. The van der Waals surface area contributed by atoms with E-state index in [1.165, 1.54) is 40.3 Å². The first-order chi connectivity index (χ1) is 43.5. The number of hydrogen-bond donors (Lipinski definition) is 0. The van der Waals surface area contributed by atoms with Gasteiger partial charge in [-0.1, -0.05) is 242 Å². The van der Waals surface area contributed by atoms with Crippen molar-refractivity contribution >= 4 is 90.9 Å². The molecule has 14 aromatic rings. The molecule has 0 saturated carbocycles. The molecule has 0 bridgehead atoms. The molecule has 0 atom stereocenters. The molecule has 4 heteroatoms. The number of thiophene rings is 2. The standard InChI is InChI=1S/C84H50N2S2/c1-86-75(56-85)80(65-42-34-57(35-43-65)30-32-59-38-46-67(47-39-59)83(81(61-18-6-2-7-19-61)62-20-8-3-9-21-62)69-50-52-78-73(54-69)71-26-14-16-28-76(71)87-78)66-44-36-58(37-45-66)31-33-60-40-48-68(49-41-60)84(82(63-22-10-4-11-23-63)64-24-12-5-13-25-64)70-51-53-79-74(55-70)72-27-15-17-29-77(72)88-79/h2-29,34-55H. The lowest BCUT2D eigenvalue weighted by Gasteiger charge is -2.18. The second-order valence-corrected chi connectivity index (χ2v) is 23.5. The number of hydrogen-bond acceptors (Lipinski definition) is 3. The van der Waals surface area contributed by atoms with Gasteiger partial charge in [-0.2, -0.15) is 0 Å². The molecule has 0 aliphatic rings. The van der Waals surface area contributed by atoms with Gasteiger partial charge in [0.05, 0.1) is 12.6 Å². The number of fused-ring (bicyclic) bond motifs is 6. The van der Waals surface area contributed by atoms with Crippen molar-refractivity contribution in [2.75, 3.05) is 0 Å². The van der Waals surface area contributed by atoms with Crippen LogP contribution in [-0.2, 0) is 0 Å². The van der Waals surface area contributed by atoms with E-state index in [1.54, 1.807) is 0 Å². The fraction of sp³-hybridized carbons (Fsp3) is 0. The second-order valence-electron chi connectivity index (χ2n) is 21.3. The van der Waals surface area contributed by atoms with Crippen molar-refractivity contribution in [1.82, 2.24) is 0 Å². The van der Waals surface area contributed by atoms with E-state index >= 15 is 0 Å². The Hall–Kier alpha value is -11.6. The lowest BCUT2D eigenvalue weighted by atomic mass is 9.85. The van der Waals surface area contributed by atoms with Crippen molar-refractivity contribution in [2.24, 2.45) is 0 Å². The van der Waals surface area contributed by atoms with Gasteiger partial charge < -0.3 is 0 Å². The van der Waals surface area contributed by atoms with E-state index in [1.807, 2.05) is 71.2 Å². The first-order valence-electron chi connectivity index (χ1n) is 29.0. The van der Waals surface area contributed by atoms with Gasteiger partial charge >= 0.3 is 0 Å². The maximum Gasteiger partial charge on any atom is 0.270 e. The van der Waals surface area contributed by atoms with Crippen LogP contribution in [-0.4, -0.2) is 0 Å². The van der Waals surface area contributed by atoms with E-state index in [2.05, 4.69) is 289 Å². The first-order valence-corrected chi connectivity index (χ1v) is 30.7. The molecule has 0 unspecified atom stereocenters. The van der Waals surface area contributed by atoms with E-state index < -0.39 is 0 Å². The zero-order valence-corrected chi connectivity index (χ0v) is 49.2. The van der Waals surface area contributed by atoms with Crippen molar-refractivity contribution in [3.63, 3.8) is 0 Å². The van der Waals surface area contributed by atoms with Gasteiger partial charge in [-0.3, -0.25) is 0 Å². The average molecular weight is 1150 g/mol. The number of nitriles is 1. The third-order valence-corrected chi connectivity index (χ3v) is 18.2. The fourth-order valence-electron chi connectivity index (χ4n) is 11.8. The monoisotopic (exact) mass is 1150 g/mol. The average Bonchev–Trinajstić information content (AvgIpc) is 2.22. The summed E-state index contributed by atoms with van der Waals surface area (Å²) in [5.74, 6) is 13.6. The Bertz CT molecular complexity index is 4850. The van der Waals surface area contributed by atoms with Crippen LogP contribution < -0.4 is 0 Å². The van der Waals surface area contributed by atoms with Crippen LogP contribution in [0, 0.1) is 41.6 Å². The van der Waals surface area contributed by atoms with Crippen molar-refractivity contribution in [2.45, 2.75) is 0 Å². The van der Waals surface area contributed by atoms with Crippen LogP contribution in [0.3, 0.4) is 0 Å². The van der Waals surface area contributed by atoms with Crippen molar-refractivity contribution in [3.8, 4) is 29.8 Å². The molecular formula is C84H50N2S2. The number of rotatable bonds is 10. The minimum Gasteiger partial charge on any atom is -0.226 e. The molecule has 2 nitrogen and oxygen atoms in total. The molecule has 14 rings (SSSR count). The summed E-state index contributed by atoms with van der Waals surface area (Å²) in [5, 5.41) is 15.3. The van der Waals surface area contributed by atoms with Crippen molar-refractivity contribution < 1.29 is 0 Å². The Balaban J connectivity index is 0.734. The zero-order valence-electron chi connectivity index (χ0n) is 47.6. The maximum atomic E-state index is 10.2. The molecule has 0 fully saturated rings. The van der Waals surface area contributed by atoms with Gasteiger partial charge in [0.2, 0.25) is 0 Å². The van der Waals surface area contributed by atoms with Gasteiger partial charge in [-0.05, 0) is 163 Å². The van der Waals surface area contributed by atoms with Crippen LogP contribution in [0.2, 0.25) is 0 Å². The van der Waals surface area contributed by atoms with Gasteiger partial charge in [-0.15, -0.1) is 22.7 Å². The SMILES string of the molecule is [C-]#[N+]C(C#N)=C(c1ccc(C#Cc2ccc(C(=C(c3ccccc3)c3ccccc3)c3ccc4sc5ccccc5c4c3)cc2)cc1)c1ccc(C#Cc2ccc(C(=C(c3ccccc3)c3ccccc3)c3ccc4sc5ccccc5c4c3)cc2)cc1. The van der Waals surface area contributed by atoms with E-state index in [4.69, 9.17) is 6.57 Å². The third-order valence-electron chi connectivity index (χ3n) is 15.9. The highest BCUT2D eigenvalue weighted by atomic mass is 32.1. The van der Waals surface area contributed by atoms with Gasteiger partial charge in [0, 0.05) is 68.2 Å². The summed E-state index contributed by atoms with van der Waals surface area (Å²) in [4.78, 5) is 3.68. The van der Waals surface area contributed by atoms with Crippen molar-refractivity contribution in [1.29, 1.82) is 5.26 Å². The van der Waals surface area contributed by atoms with Gasteiger partial charge in [0.15, 0.2) is 0 Å². The van der Waals surface area contributed by atoms with Crippen LogP contribution in [0.15, 0.2) is 309 Å². The molecular weight excluding hydrogens is 1100 g/mol. The lowest BCUT2D eigenvalue weighted by Crippen LogP contribution is -1.97. The van der Waals surface area contributed by atoms with Gasteiger partial charge in [0.1, 0.15) is 0 Å². The molecule has 0 aliphatic carbocycles. The van der Waals surface area contributed by atoms with Crippen molar-refractivity contribution in [3.05, 3.63) is 398 Å². The quantitative estimate of drug-likeness (QED) is 0.0580. The minimum absolute atomic E-state index is 0.0113. The minimum atomic E-state index is 0.0113. The Morgan fingerprint density at radius 1 is 0.261 bits per heavy atom. The first kappa shape index (κ1) is 54.3. The molecule has 0 N–H and O–H groups in total. The molecule has 2 heterocycles. The highest BCUT2D eigenvalue weighted by Gasteiger charge is 2.21. The van der Waals surface area contributed by atoms with Gasteiger partial charge in [0.25, 0.3) is 5.70 Å². The Kier molecular flexibility index (Phi) is 15.2. The number of allylic oxidation sites excluding steroid dienone is 1. The molecule has 0 radical (unpaired) electrons. The van der Waals surface area contributed by atoms with Crippen LogP contribution in [0.25, 0.3) is 73.1 Å². The topological polar surface area (TPSA) is 28.1 Å². The largest absolute Gasteiger partial charge is 0.270 e. The van der Waals surface area contributed by atoms with Gasteiger partial charge in [-0.25, -0.2) is 10.1 Å². The molecule has 0 spiro atoms. The van der Waals surface area contributed by atoms with E-state index in [-0.39, 0.29) is 5.70 Å². The van der Waals surface area contributed by atoms with E-state index in [0.717, 1.165) is 100 Å². The summed E-state index contributed by atoms with van der Waals surface area (Å²) in [6.45, 7) is 8.00. The van der Waals surface area contributed by atoms with E-state index in [0.29, 0.717) is 5.57 Å². The molecule has 0 saturated heterocycles. The fourth-order valence-corrected chi connectivity index (χ4v) is 13.9. The summed E-state index contributed by atoms with van der Waals surface area (Å²) in [6, 6.07) is 108. The van der Waals surface area contributed by atoms with Crippen LogP contribution >= 0.6 is 22.7 Å². The lowest BCUT2D eigenvalue weighted by molar-refractivity contribution is 1.46. The van der Waals surface area contributed by atoms with Crippen LogP contribution in [0.5, 0.6) is 0 Å². The summed E-state index contributed by atoms with van der Waals surface area (Å²) in [5.41, 5.74) is 19.1. The Labute approximate surface area is 520 Å². The Morgan fingerprint density at radius 3 is 0.818 bits per heavy atom. The molecule has 0 aliphatic heterocycles. The highest BCUT2D eigenvalue weighted by Crippen LogP contribution is 2.43. The summed E-state index contributed by atoms with van der Waals surface area (Å²) in [6.07, 6.45) is 0. The zero-order chi connectivity index (χ0) is 59.2. The molecule has 408 valence electrons. The molecule has 88 heavy (non-hydrogen) atoms. The number of benzene rings is 12. The normalized spacial score (nSPS) is 10.8. The summed E-state index contributed by atoms with van der Waals surface area (Å²) in [7, 11) is 0. The molecule has 12 aromatic carbocycles. The molecule has 0 amide bonds. The highest BCUT2D eigenvalue weighted by molar-refractivity contribution is 7.26. The van der Waals surface area contributed by atoms with Crippen LogP contribution in [0.4, 0.5) is 0 Å². The maximum absolute atomic E-state index is 10.2. The van der Waals surface area contributed by atoms with Crippen LogP contribution in [0.1, 0.15) is 77.9 Å². The summed E-state index contributed by atoms with van der Waals surface area (Å²) < 4.78 is 5.09. The molecule has 2 aromatic heterocycles.